The van der Waals surface area contributed by atoms with Crippen LogP contribution in [0.5, 0.6) is 5.88 Å². The Balaban J connectivity index is 1.74. The molecule has 0 spiro atoms. The van der Waals surface area contributed by atoms with Gasteiger partial charge in [0, 0.05) is 35.8 Å². The number of Topliss-reactive ketones (excluding diaryl/α,β-unsaturated/α-hetero) is 1. The van der Waals surface area contributed by atoms with Crippen LogP contribution in [0.15, 0.2) is 60.8 Å². The van der Waals surface area contributed by atoms with Gasteiger partial charge in [-0.2, -0.15) is 0 Å². The lowest BCUT2D eigenvalue weighted by Crippen LogP contribution is -2.13. The molecule has 0 aliphatic rings. The van der Waals surface area contributed by atoms with Gasteiger partial charge in [-0.25, -0.2) is 4.98 Å². The van der Waals surface area contributed by atoms with Gasteiger partial charge in [0.15, 0.2) is 6.61 Å². The van der Waals surface area contributed by atoms with E-state index in [1.807, 2.05) is 50.2 Å². The zero-order valence-electron chi connectivity index (χ0n) is 13.9. The molecular formula is C20H20N2O2. The van der Waals surface area contributed by atoms with Crippen molar-refractivity contribution in [1.82, 2.24) is 9.55 Å². The normalized spacial score (nSPS) is 10.6. The topological polar surface area (TPSA) is 44.1 Å². The molecule has 3 rings (SSSR count). The number of pyridine rings is 1. The number of aromatic nitrogens is 2. The molecule has 0 saturated carbocycles. The van der Waals surface area contributed by atoms with Crippen LogP contribution in [0.4, 0.5) is 0 Å². The third-order valence-electron chi connectivity index (χ3n) is 4.05. The first-order valence-corrected chi connectivity index (χ1v) is 7.93. The maximum atomic E-state index is 12.5. The van der Waals surface area contributed by atoms with E-state index in [4.69, 9.17) is 4.74 Å². The fraction of sp³-hybridized carbons (Fsp3) is 0.200. The number of carbonyl (C=O) groups excluding carboxylic acids is 1. The largest absolute Gasteiger partial charge is 0.469 e. The molecule has 24 heavy (non-hydrogen) atoms. The summed E-state index contributed by atoms with van der Waals surface area (Å²) in [5.74, 6) is 0.428. The number of aryl methyl sites for hydroxylation is 1. The molecule has 0 aliphatic carbocycles. The van der Waals surface area contributed by atoms with E-state index in [9.17, 15) is 4.79 Å². The van der Waals surface area contributed by atoms with Crippen LogP contribution in [0.2, 0.25) is 0 Å². The van der Waals surface area contributed by atoms with Crippen molar-refractivity contribution in [1.29, 1.82) is 0 Å². The Labute approximate surface area is 141 Å². The van der Waals surface area contributed by atoms with Crippen LogP contribution in [0, 0.1) is 13.8 Å². The molecular weight excluding hydrogens is 300 g/mol. The van der Waals surface area contributed by atoms with Gasteiger partial charge in [0.1, 0.15) is 0 Å². The average molecular weight is 320 g/mol. The van der Waals surface area contributed by atoms with Gasteiger partial charge in [-0.3, -0.25) is 4.79 Å². The van der Waals surface area contributed by atoms with Gasteiger partial charge in [-0.15, -0.1) is 0 Å². The highest BCUT2D eigenvalue weighted by molar-refractivity contribution is 5.98. The van der Waals surface area contributed by atoms with Crippen molar-refractivity contribution < 1.29 is 9.53 Å². The van der Waals surface area contributed by atoms with Crippen LogP contribution in [0.3, 0.4) is 0 Å². The quantitative estimate of drug-likeness (QED) is 0.649. The summed E-state index contributed by atoms with van der Waals surface area (Å²) >= 11 is 0. The minimum absolute atomic E-state index is 0.00730. The number of benzene rings is 1. The number of carbonyl (C=O) groups is 1. The van der Waals surface area contributed by atoms with Crippen LogP contribution in [-0.4, -0.2) is 21.9 Å². The number of hydrogen-bond donors (Lipinski definition) is 0. The van der Waals surface area contributed by atoms with Crippen molar-refractivity contribution >= 4 is 5.78 Å². The van der Waals surface area contributed by atoms with Gasteiger partial charge in [0.05, 0.1) is 0 Å². The highest BCUT2D eigenvalue weighted by Crippen LogP contribution is 2.18. The highest BCUT2D eigenvalue weighted by atomic mass is 16.5. The van der Waals surface area contributed by atoms with Crippen molar-refractivity contribution in [2.45, 2.75) is 20.4 Å². The molecule has 122 valence electrons. The Kier molecular flexibility index (Phi) is 4.75. The lowest BCUT2D eigenvalue weighted by atomic mass is 10.1. The van der Waals surface area contributed by atoms with E-state index in [1.165, 1.54) is 5.56 Å². The third-order valence-corrected chi connectivity index (χ3v) is 4.05. The summed E-state index contributed by atoms with van der Waals surface area (Å²) in [6, 6.07) is 17.5. The molecule has 0 atom stereocenters. The van der Waals surface area contributed by atoms with Crippen LogP contribution in [0.1, 0.15) is 27.3 Å². The highest BCUT2D eigenvalue weighted by Gasteiger charge is 2.16. The first kappa shape index (κ1) is 16.0. The molecule has 0 aliphatic heterocycles. The SMILES string of the molecule is Cc1cc(C(=O)COc2ccccn2)c(C)n1Cc1ccccc1. The molecule has 4 heteroatoms. The van der Waals surface area contributed by atoms with Crippen LogP contribution < -0.4 is 4.74 Å². The van der Waals surface area contributed by atoms with Crippen LogP contribution in [-0.2, 0) is 6.54 Å². The van der Waals surface area contributed by atoms with Gasteiger partial charge in [-0.1, -0.05) is 36.4 Å². The molecule has 4 nitrogen and oxygen atoms in total. The third kappa shape index (κ3) is 3.54. The van der Waals surface area contributed by atoms with E-state index < -0.39 is 0 Å². The number of hydrogen-bond acceptors (Lipinski definition) is 3. The molecule has 2 heterocycles. The zero-order valence-corrected chi connectivity index (χ0v) is 13.9. The summed E-state index contributed by atoms with van der Waals surface area (Å²) in [5.41, 5.74) is 3.95. The Morgan fingerprint density at radius 1 is 1.08 bits per heavy atom. The monoisotopic (exact) mass is 320 g/mol. The second kappa shape index (κ2) is 7.13. The van der Waals surface area contributed by atoms with E-state index in [2.05, 4.69) is 21.7 Å². The Hall–Kier alpha value is -2.88. The molecule has 3 aromatic rings. The fourth-order valence-electron chi connectivity index (χ4n) is 2.74. The number of ether oxygens (including phenoxy) is 1. The summed E-state index contributed by atoms with van der Waals surface area (Å²) in [6.45, 7) is 4.75. The summed E-state index contributed by atoms with van der Waals surface area (Å²) in [6.07, 6.45) is 1.64. The van der Waals surface area contributed by atoms with Crippen molar-refractivity contribution in [3.63, 3.8) is 0 Å². The van der Waals surface area contributed by atoms with Gasteiger partial charge in [0.25, 0.3) is 0 Å². The minimum atomic E-state index is -0.0342. The van der Waals surface area contributed by atoms with Crippen molar-refractivity contribution in [2.24, 2.45) is 0 Å². The predicted octanol–water partition coefficient (Wildman–Crippen LogP) is 3.81. The molecule has 0 N–H and O–H groups in total. The van der Waals surface area contributed by atoms with Gasteiger partial charge in [0.2, 0.25) is 11.7 Å². The maximum Gasteiger partial charge on any atom is 0.213 e. The number of ketones is 1. The first-order valence-electron chi connectivity index (χ1n) is 7.93. The van der Waals surface area contributed by atoms with Crippen LogP contribution in [0.25, 0.3) is 0 Å². The van der Waals surface area contributed by atoms with E-state index in [0.717, 1.165) is 17.9 Å². The molecule has 1 aromatic carbocycles. The number of rotatable bonds is 6. The Morgan fingerprint density at radius 2 is 1.83 bits per heavy atom. The second-order valence-corrected chi connectivity index (χ2v) is 5.74. The molecule has 0 unspecified atom stereocenters. The number of nitrogens with zero attached hydrogens (tertiary/aromatic N) is 2. The molecule has 0 fully saturated rings. The lowest BCUT2D eigenvalue weighted by molar-refractivity contribution is 0.0917. The molecule has 0 saturated heterocycles. The Morgan fingerprint density at radius 3 is 2.54 bits per heavy atom. The molecule has 0 radical (unpaired) electrons. The van der Waals surface area contributed by atoms with Crippen LogP contribution >= 0.6 is 0 Å². The van der Waals surface area contributed by atoms with E-state index >= 15 is 0 Å². The van der Waals surface area contributed by atoms with Gasteiger partial charge < -0.3 is 9.30 Å². The molecule has 0 bridgehead atoms. The van der Waals surface area contributed by atoms with Crippen molar-refractivity contribution in [2.75, 3.05) is 6.61 Å². The van der Waals surface area contributed by atoms with Gasteiger partial charge in [-0.05, 0) is 31.5 Å². The summed E-state index contributed by atoms with van der Waals surface area (Å²) in [5, 5.41) is 0. The summed E-state index contributed by atoms with van der Waals surface area (Å²) < 4.78 is 7.63. The summed E-state index contributed by atoms with van der Waals surface area (Å²) in [7, 11) is 0. The minimum Gasteiger partial charge on any atom is -0.469 e. The standard InChI is InChI=1S/C20H20N2O2/c1-15-12-18(19(23)14-24-20-10-6-7-11-21-20)16(2)22(15)13-17-8-4-3-5-9-17/h3-12H,13-14H2,1-2H3. The molecule has 2 aromatic heterocycles. The smallest absolute Gasteiger partial charge is 0.213 e. The second-order valence-electron chi connectivity index (χ2n) is 5.74. The average Bonchev–Trinajstić information content (AvgIpc) is 2.90. The summed E-state index contributed by atoms with van der Waals surface area (Å²) in [4.78, 5) is 16.6. The lowest BCUT2D eigenvalue weighted by Gasteiger charge is -2.10. The first-order chi connectivity index (χ1) is 11.6. The fourth-order valence-corrected chi connectivity index (χ4v) is 2.74. The molecule has 0 amide bonds. The van der Waals surface area contributed by atoms with E-state index in [1.54, 1.807) is 12.3 Å². The Bertz CT molecular complexity index is 824. The predicted molar refractivity (Wildman–Crippen MR) is 93.5 cm³/mol. The van der Waals surface area contributed by atoms with Crippen molar-refractivity contribution in [3.05, 3.63) is 83.3 Å². The van der Waals surface area contributed by atoms with Gasteiger partial charge >= 0.3 is 0 Å². The zero-order chi connectivity index (χ0) is 16.9. The van der Waals surface area contributed by atoms with Crippen molar-refractivity contribution in [3.8, 4) is 5.88 Å². The maximum absolute atomic E-state index is 12.5. The van der Waals surface area contributed by atoms with E-state index in [-0.39, 0.29) is 12.4 Å². The van der Waals surface area contributed by atoms with E-state index in [0.29, 0.717) is 11.4 Å².